The maximum Gasteiger partial charge on any atom is 0.261 e. The third-order valence-electron chi connectivity index (χ3n) is 4.73. The van der Waals surface area contributed by atoms with E-state index in [2.05, 4.69) is 16.5 Å². The molecule has 0 amide bonds. The van der Waals surface area contributed by atoms with Crippen molar-refractivity contribution in [3.63, 3.8) is 0 Å². The molecular weight excluding hydrogens is 386 g/mol. The topological polar surface area (TPSA) is 110 Å². The fourth-order valence-electron chi connectivity index (χ4n) is 3.03. The first-order valence-electron chi connectivity index (χ1n) is 8.66. The molecule has 2 aromatic carbocycles. The molecule has 1 aliphatic rings. The van der Waals surface area contributed by atoms with Gasteiger partial charge in [-0.3, -0.25) is 4.72 Å². The minimum atomic E-state index is -3.86. The molecule has 0 atom stereocenters. The molecule has 27 heavy (non-hydrogen) atoms. The molecule has 0 bridgehead atoms. The second-order valence-corrected chi connectivity index (χ2v) is 10.1. The van der Waals surface area contributed by atoms with Crippen molar-refractivity contribution in [1.29, 1.82) is 0 Å². The first-order valence-corrected chi connectivity index (χ1v) is 11.7. The number of nitrogens with zero attached hydrogens (tertiary/aromatic N) is 1. The molecule has 1 heterocycles. The van der Waals surface area contributed by atoms with Gasteiger partial charge in [-0.2, -0.15) is 0 Å². The molecule has 0 aliphatic carbocycles. The van der Waals surface area contributed by atoms with Gasteiger partial charge < -0.3 is 4.90 Å². The van der Waals surface area contributed by atoms with Crippen LogP contribution >= 0.6 is 0 Å². The number of rotatable bonds is 5. The number of primary sulfonamides is 1. The summed E-state index contributed by atoms with van der Waals surface area (Å²) in [6.07, 6.45) is 2.31. The molecule has 1 saturated heterocycles. The maximum atomic E-state index is 12.5. The second-order valence-electron chi connectivity index (χ2n) is 6.84. The van der Waals surface area contributed by atoms with Gasteiger partial charge in [0.2, 0.25) is 10.0 Å². The third-order valence-corrected chi connectivity index (χ3v) is 7.06. The smallest absolute Gasteiger partial charge is 0.261 e. The molecule has 0 spiro atoms. The minimum Gasteiger partial charge on any atom is -0.372 e. The summed E-state index contributed by atoms with van der Waals surface area (Å²) < 4.78 is 50.0. The fourth-order valence-corrected chi connectivity index (χ4v) is 4.60. The van der Waals surface area contributed by atoms with E-state index in [9.17, 15) is 16.8 Å². The van der Waals surface area contributed by atoms with E-state index in [1.807, 2.05) is 12.1 Å². The van der Waals surface area contributed by atoms with Gasteiger partial charge in [0.15, 0.2) is 0 Å². The van der Waals surface area contributed by atoms with Gasteiger partial charge in [0.05, 0.1) is 9.79 Å². The Balaban J connectivity index is 1.72. The van der Waals surface area contributed by atoms with Gasteiger partial charge >= 0.3 is 0 Å². The molecule has 2 aromatic rings. The van der Waals surface area contributed by atoms with Crippen molar-refractivity contribution in [3.05, 3.63) is 48.5 Å². The molecule has 0 saturated carbocycles. The zero-order valence-electron chi connectivity index (χ0n) is 15.0. The Morgan fingerprint density at radius 2 is 1.41 bits per heavy atom. The number of sulfonamides is 2. The number of piperidine rings is 1. The quantitative estimate of drug-likeness (QED) is 0.788. The van der Waals surface area contributed by atoms with Gasteiger partial charge in [-0.15, -0.1) is 0 Å². The molecule has 9 heteroatoms. The Hall–Kier alpha value is -2.10. The van der Waals surface area contributed by atoms with Gasteiger partial charge in [-0.05, 0) is 67.3 Å². The zero-order chi connectivity index (χ0) is 19.7. The highest BCUT2D eigenvalue weighted by Crippen LogP contribution is 2.25. The predicted octanol–water partition coefficient (Wildman–Crippen LogP) is 2.37. The summed E-state index contributed by atoms with van der Waals surface area (Å²) in [6.45, 7) is 4.26. The van der Waals surface area contributed by atoms with Gasteiger partial charge in [-0.1, -0.05) is 6.92 Å². The van der Waals surface area contributed by atoms with E-state index in [-0.39, 0.29) is 9.79 Å². The molecule has 1 fully saturated rings. The summed E-state index contributed by atoms with van der Waals surface area (Å²) in [5.41, 5.74) is 1.52. The van der Waals surface area contributed by atoms with Crippen LogP contribution in [0.3, 0.4) is 0 Å². The number of nitrogens with one attached hydrogen (secondary N) is 1. The van der Waals surface area contributed by atoms with Crippen LogP contribution < -0.4 is 14.8 Å². The number of benzene rings is 2. The Morgan fingerprint density at radius 1 is 0.889 bits per heavy atom. The van der Waals surface area contributed by atoms with Crippen molar-refractivity contribution in [2.24, 2.45) is 11.1 Å². The Labute approximate surface area is 160 Å². The van der Waals surface area contributed by atoms with E-state index in [1.165, 1.54) is 24.3 Å². The van der Waals surface area contributed by atoms with E-state index in [4.69, 9.17) is 5.14 Å². The monoisotopic (exact) mass is 409 g/mol. The Kier molecular flexibility index (Phi) is 5.45. The van der Waals surface area contributed by atoms with E-state index < -0.39 is 20.0 Å². The number of hydrogen-bond acceptors (Lipinski definition) is 5. The molecule has 3 N–H and O–H groups in total. The predicted molar refractivity (Wildman–Crippen MR) is 106 cm³/mol. The van der Waals surface area contributed by atoms with Gasteiger partial charge in [0.1, 0.15) is 0 Å². The standard InChI is InChI=1S/C18H23N3O4S2/c1-14-10-12-21(13-11-14)16-4-2-15(3-5-16)20-27(24,25)18-8-6-17(7-9-18)26(19,22)23/h2-9,14,20H,10-13H2,1H3,(H2,19,22,23). The molecule has 146 valence electrons. The summed E-state index contributed by atoms with van der Waals surface area (Å²) in [4.78, 5) is 2.12. The SMILES string of the molecule is CC1CCN(c2ccc(NS(=O)(=O)c3ccc(S(N)(=O)=O)cc3)cc2)CC1. The minimum absolute atomic E-state index is 0.0380. The van der Waals surface area contributed by atoms with Gasteiger partial charge in [-0.25, -0.2) is 22.0 Å². The first kappa shape index (κ1) is 19.7. The summed E-state index contributed by atoms with van der Waals surface area (Å²) in [5, 5.41) is 5.03. The van der Waals surface area contributed by atoms with Crippen LogP contribution in [0.2, 0.25) is 0 Å². The lowest BCUT2D eigenvalue weighted by Crippen LogP contribution is -2.32. The average molecular weight is 410 g/mol. The third kappa shape index (κ3) is 4.79. The highest BCUT2D eigenvalue weighted by atomic mass is 32.2. The highest BCUT2D eigenvalue weighted by Gasteiger charge is 2.18. The van der Waals surface area contributed by atoms with Crippen molar-refractivity contribution >= 4 is 31.4 Å². The molecule has 3 rings (SSSR count). The lowest BCUT2D eigenvalue weighted by Gasteiger charge is -2.32. The van der Waals surface area contributed by atoms with Crippen LogP contribution in [0.1, 0.15) is 19.8 Å². The lowest BCUT2D eigenvalue weighted by molar-refractivity contribution is 0.438. The Morgan fingerprint density at radius 3 is 1.93 bits per heavy atom. The van der Waals surface area contributed by atoms with Crippen molar-refractivity contribution in [1.82, 2.24) is 0 Å². The average Bonchev–Trinajstić information content (AvgIpc) is 2.62. The molecule has 0 aromatic heterocycles. The summed E-state index contributed by atoms with van der Waals surface area (Å²) in [7, 11) is -7.68. The highest BCUT2D eigenvalue weighted by molar-refractivity contribution is 7.92. The molecule has 0 unspecified atom stereocenters. The van der Waals surface area contributed by atoms with Crippen molar-refractivity contribution in [3.8, 4) is 0 Å². The van der Waals surface area contributed by atoms with Crippen molar-refractivity contribution < 1.29 is 16.8 Å². The lowest BCUT2D eigenvalue weighted by atomic mass is 9.99. The normalized spacial score (nSPS) is 16.3. The van der Waals surface area contributed by atoms with Crippen molar-refractivity contribution in [2.75, 3.05) is 22.7 Å². The zero-order valence-corrected chi connectivity index (χ0v) is 16.6. The van der Waals surface area contributed by atoms with Crippen LogP contribution in [-0.4, -0.2) is 29.9 Å². The number of nitrogens with two attached hydrogens (primary N) is 1. The largest absolute Gasteiger partial charge is 0.372 e. The fraction of sp³-hybridized carbons (Fsp3) is 0.333. The van der Waals surface area contributed by atoms with Crippen LogP contribution in [0.5, 0.6) is 0 Å². The van der Waals surface area contributed by atoms with E-state index in [0.717, 1.165) is 37.5 Å². The van der Waals surface area contributed by atoms with Gasteiger partial charge in [0, 0.05) is 24.5 Å². The van der Waals surface area contributed by atoms with Crippen LogP contribution in [0, 0.1) is 5.92 Å². The van der Waals surface area contributed by atoms with Gasteiger partial charge in [0.25, 0.3) is 10.0 Å². The molecule has 1 aliphatic heterocycles. The van der Waals surface area contributed by atoms with E-state index in [1.54, 1.807) is 12.1 Å². The Bertz CT molecular complexity index is 994. The van der Waals surface area contributed by atoms with E-state index >= 15 is 0 Å². The number of anilines is 2. The van der Waals surface area contributed by atoms with Crippen LogP contribution in [0.25, 0.3) is 0 Å². The number of hydrogen-bond donors (Lipinski definition) is 2. The van der Waals surface area contributed by atoms with Crippen LogP contribution in [-0.2, 0) is 20.0 Å². The first-order chi connectivity index (χ1) is 12.6. The van der Waals surface area contributed by atoms with Crippen LogP contribution in [0.15, 0.2) is 58.3 Å². The van der Waals surface area contributed by atoms with Crippen molar-refractivity contribution in [2.45, 2.75) is 29.6 Å². The molecule has 7 nitrogen and oxygen atoms in total. The maximum absolute atomic E-state index is 12.5. The summed E-state index contributed by atoms with van der Waals surface area (Å²) in [6, 6.07) is 12.0. The molecule has 0 radical (unpaired) electrons. The summed E-state index contributed by atoms with van der Waals surface area (Å²) in [5.74, 6) is 0.743. The molecular formula is C18H23N3O4S2. The van der Waals surface area contributed by atoms with E-state index in [0.29, 0.717) is 5.69 Å². The summed E-state index contributed by atoms with van der Waals surface area (Å²) >= 11 is 0. The van der Waals surface area contributed by atoms with Crippen LogP contribution in [0.4, 0.5) is 11.4 Å². The second kappa shape index (κ2) is 7.49.